The van der Waals surface area contributed by atoms with Gasteiger partial charge in [-0.25, -0.2) is 4.79 Å². The van der Waals surface area contributed by atoms with E-state index in [9.17, 15) is 4.79 Å². The van der Waals surface area contributed by atoms with Gasteiger partial charge in [0.05, 0.1) is 20.3 Å². The molecule has 2 aliphatic heterocycles. The van der Waals surface area contributed by atoms with E-state index in [1.165, 1.54) is 7.11 Å². The molecule has 2 saturated heterocycles. The molecule has 0 aromatic rings. The summed E-state index contributed by atoms with van der Waals surface area (Å²) in [5, 5.41) is 3.11. The smallest absolute Gasteiger partial charge is 0.342 e. The summed E-state index contributed by atoms with van der Waals surface area (Å²) in [5.74, 6) is -0.345. The Morgan fingerprint density at radius 1 is 1.69 bits per heavy atom. The molecule has 0 spiro atoms. The van der Waals surface area contributed by atoms with Gasteiger partial charge in [-0.3, -0.25) is 0 Å². The van der Waals surface area contributed by atoms with Crippen LogP contribution in [0.2, 0.25) is 0 Å². The van der Waals surface area contributed by atoms with Crippen LogP contribution in [0.15, 0.2) is 0 Å². The fraction of sp³-hybridized carbons (Fsp3) is 0.875. The lowest BCUT2D eigenvalue weighted by Gasteiger charge is -2.33. The molecular weight excluding hydrogens is 174 g/mol. The molecule has 2 rings (SSSR count). The summed E-state index contributed by atoms with van der Waals surface area (Å²) in [7, 11) is 1.37. The number of ether oxygens (including phenoxy) is 3. The Morgan fingerprint density at radius 3 is 2.92 bits per heavy atom. The van der Waals surface area contributed by atoms with Gasteiger partial charge in [0.25, 0.3) is 0 Å². The molecule has 0 saturated carbocycles. The summed E-state index contributed by atoms with van der Waals surface area (Å²) in [6, 6.07) is 0. The van der Waals surface area contributed by atoms with E-state index in [1.54, 1.807) is 0 Å². The minimum Gasteiger partial charge on any atom is -0.467 e. The third-order valence-corrected chi connectivity index (χ3v) is 2.41. The second-order valence-electron chi connectivity index (χ2n) is 3.23. The predicted octanol–water partition coefficient (Wildman–Crippen LogP) is -1.08. The van der Waals surface area contributed by atoms with Gasteiger partial charge in [0.2, 0.25) is 5.60 Å². The molecular formula is C8H13NO4. The fourth-order valence-electron chi connectivity index (χ4n) is 1.59. The summed E-state index contributed by atoms with van der Waals surface area (Å²) in [5.41, 5.74) is -0.896. The molecule has 0 aromatic heterocycles. The molecule has 13 heavy (non-hydrogen) atoms. The number of morpholine rings is 1. The molecule has 0 amide bonds. The number of rotatable bonds is 2. The van der Waals surface area contributed by atoms with Gasteiger partial charge >= 0.3 is 5.97 Å². The van der Waals surface area contributed by atoms with Crippen molar-refractivity contribution in [3.8, 4) is 0 Å². The van der Waals surface area contributed by atoms with E-state index in [0.29, 0.717) is 19.8 Å². The van der Waals surface area contributed by atoms with Crippen LogP contribution in [-0.4, -0.2) is 51.1 Å². The zero-order valence-corrected chi connectivity index (χ0v) is 7.54. The molecule has 2 aliphatic rings. The Hall–Kier alpha value is -0.650. The molecule has 1 N–H and O–H groups in total. The van der Waals surface area contributed by atoms with Crippen LogP contribution in [-0.2, 0) is 19.0 Å². The highest BCUT2D eigenvalue weighted by Crippen LogP contribution is 2.30. The molecule has 2 fully saturated rings. The first-order chi connectivity index (χ1) is 6.29. The molecule has 0 aliphatic carbocycles. The quantitative estimate of drug-likeness (QED) is 0.440. The number of carbonyl (C=O) groups excluding carboxylic acids is 1. The standard InChI is InChI=1S/C8H13NO4/c1-11-7(10)8(6-4-12-6)5-9-2-3-13-8/h6,9H,2-5H2,1H3. The summed E-state index contributed by atoms with van der Waals surface area (Å²) >= 11 is 0. The maximum atomic E-state index is 11.5. The maximum Gasteiger partial charge on any atom is 0.342 e. The number of epoxide rings is 1. The molecule has 0 bridgehead atoms. The predicted molar refractivity (Wildman–Crippen MR) is 43.3 cm³/mol. The van der Waals surface area contributed by atoms with Crippen LogP contribution in [0.3, 0.4) is 0 Å². The minimum atomic E-state index is -0.896. The van der Waals surface area contributed by atoms with Crippen molar-refractivity contribution in [2.24, 2.45) is 0 Å². The molecule has 0 radical (unpaired) electrons. The number of methoxy groups -OCH3 is 1. The van der Waals surface area contributed by atoms with Crippen LogP contribution in [0.1, 0.15) is 0 Å². The molecule has 74 valence electrons. The number of esters is 1. The zero-order chi connectivity index (χ0) is 9.31. The number of nitrogens with one attached hydrogen (secondary N) is 1. The largest absolute Gasteiger partial charge is 0.467 e. The Morgan fingerprint density at radius 2 is 2.46 bits per heavy atom. The van der Waals surface area contributed by atoms with E-state index in [0.717, 1.165) is 6.54 Å². The topological polar surface area (TPSA) is 60.1 Å². The first-order valence-electron chi connectivity index (χ1n) is 4.34. The van der Waals surface area contributed by atoms with Crippen molar-refractivity contribution in [1.29, 1.82) is 0 Å². The van der Waals surface area contributed by atoms with E-state index in [-0.39, 0.29) is 12.1 Å². The summed E-state index contributed by atoms with van der Waals surface area (Å²) in [6.07, 6.45) is -0.132. The summed E-state index contributed by atoms with van der Waals surface area (Å²) < 4.78 is 15.3. The van der Waals surface area contributed by atoms with Crippen molar-refractivity contribution < 1.29 is 19.0 Å². The molecule has 2 heterocycles. The van der Waals surface area contributed by atoms with Gasteiger partial charge in [0.15, 0.2) is 0 Å². The highest BCUT2D eigenvalue weighted by atomic mass is 16.6. The van der Waals surface area contributed by atoms with E-state index >= 15 is 0 Å². The molecule has 2 atom stereocenters. The Bertz CT molecular complexity index is 208. The summed E-state index contributed by atoms with van der Waals surface area (Å²) in [4.78, 5) is 11.5. The number of hydrogen-bond donors (Lipinski definition) is 1. The van der Waals surface area contributed by atoms with E-state index in [2.05, 4.69) is 5.32 Å². The Balaban J connectivity index is 2.13. The van der Waals surface area contributed by atoms with Crippen molar-refractivity contribution in [1.82, 2.24) is 5.32 Å². The van der Waals surface area contributed by atoms with Crippen molar-refractivity contribution in [2.45, 2.75) is 11.7 Å². The fourth-order valence-corrected chi connectivity index (χ4v) is 1.59. The molecule has 0 aromatic carbocycles. The van der Waals surface area contributed by atoms with E-state index < -0.39 is 5.60 Å². The van der Waals surface area contributed by atoms with Crippen LogP contribution in [0, 0.1) is 0 Å². The van der Waals surface area contributed by atoms with Gasteiger partial charge < -0.3 is 19.5 Å². The van der Waals surface area contributed by atoms with Crippen LogP contribution in [0.4, 0.5) is 0 Å². The van der Waals surface area contributed by atoms with E-state index in [4.69, 9.17) is 14.2 Å². The van der Waals surface area contributed by atoms with Crippen LogP contribution in [0.25, 0.3) is 0 Å². The molecule has 5 nitrogen and oxygen atoms in total. The van der Waals surface area contributed by atoms with Gasteiger partial charge in [0, 0.05) is 13.1 Å². The maximum absolute atomic E-state index is 11.5. The monoisotopic (exact) mass is 187 g/mol. The van der Waals surface area contributed by atoms with Crippen LogP contribution in [0.5, 0.6) is 0 Å². The van der Waals surface area contributed by atoms with Crippen molar-refractivity contribution in [3.63, 3.8) is 0 Å². The van der Waals surface area contributed by atoms with Crippen molar-refractivity contribution in [3.05, 3.63) is 0 Å². The summed E-state index contributed by atoms with van der Waals surface area (Å²) in [6.45, 7) is 2.35. The van der Waals surface area contributed by atoms with Gasteiger partial charge in [0.1, 0.15) is 6.10 Å². The lowest BCUT2D eigenvalue weighted by atomic mass is 9.99. The number of carbonyl (C=O) groups is 1. The third kappa shape index (κ3) is 1.43. The lowest BCUT2D eigenvalue weighted by Crippen LogP contribution is -2.59. The minimum absolute atomic E-state index is 0.132. The van der Waals surface area contributed by atoms with Crippen LogP contribution < -0.4 is 5.32 Å². The van der Waals surface area contributed by atoms with Gasteiger partial charge in [-0.2, -0.15) is 0 Å². The second-order valence-corrected chi connectivity index (χ2v) is 3.23. The zero-order valence-electron chi connectivity index (χ0n) is 7.54. The lowest BCUT2D eigenvalue weighted by molar-refractivity contribution is -0.176. The second kappa shape index (κ2) is 3.25. The van der Waals surface area contributed by atoms with Crippen molar-refractivity contribution >= 4 is 5.97 Å². The van der Waals surface area contributed by atoms with E-state index in [1.807, 2.05) is 0 Å². The SMILES string of the molecule is COC(=O)C1(C2CO2)CNCCO1. The number of hydrogen-bond acceptors (Lipinski definition) is 5. The average molecular weight is 187 g/mol. The van der Waals surface area contributed by atoms with Crippen molar-refractivity contribution in [2.75, 3.05) is 33.4 Å². The van der Waals surface area contributed by atoms with Gasteiger partial charge in [-0.1, -0.05) is 0 Å². The first-order valence-corrected chi connectivity index (χ1v) is 4.34. The highest BCUT2D eigenvalue weighted by Gasteiger charge is 2.55. The van der Waals surface area contributed by atoms with Crippen LogP contribution >= 0.6 is 0 Å². The average Bonchev–Trinajstić information content (AvgIpc) is 3.01. The normalized spacial score (nSPS) is 38.4. The Kier molecular flexibility index (Phi) is 2.23. The van der Waals surface area contributed by atoms with Gasteiger partial charge in [-0.05, 0) is 0 Å². The Labute approximate surface area is 76.3 Å². The first kappa shape index (κ1) is 8.93. The highest BCUT2D eigenvalue weighted by molar-refractivity contribution is 5.81. The molecule has 2 unspecified atom stereocenters. The third-order valence-electron chi connectivity index (χ3n) is 2.41. The van der Waals surface area contributed by atoms with Gasteiger partial charge in [-0.15, -0.1) is 0 Å². The molecule has 5 heteroatoms.